The Morgan fingerprint density at radius 3 is 2.37 bits per heavy atom. The van der Waals surface area contributed by atoms with E-state index in [1.165, 1.54) is 12.7 Å². The molecule has 2 N–H and O–H groups in total. The number of ether oxygens (including phenoxy) is 1. The molecule has 0 radical (unpaired) electrons. The lowest BCUT2D eigenvalue weighted by molar-refractivity contribution is 0.0953. The highest BCUT2D eigenvalue weighted by Crippen LogP contribution is 2.34. The molecule has 1 aliphatic carbocycles. The summed E-state index contributed by atoms with van der Waals surface area (Å²) in [6, 6.07) is 0. The van der Waals surface area contributed by atoms with Gasteiger partial charge in [0.05, 0.1) is 5.56 Å². The molecule has 1 heterocycles. The fourth-order valence-electron chi connectivity index (χ4n) is 3.16. The molecular formula is C15H25N3O. The predicted molar refractivity (Wildman–Crippen MR) is 77.1 cm³/mol. The molecule has 0 amide bonds. The Hall–Kier alpha value is -1.32. The Bertz CT molecular complexity index is 423. The molecule has 2 atom stereocenters. The second kappa shape index (κ2) is 5.76. The maximum atomic E-state index is 6.14. The highest BCUT2D eigenvalue weighted by molar-refractivity contribution is 5.46. The summed E-state index contributed by atoms with van der Waals surface area (Å²) in [5, 5.41) is 0. The van der Waals surface area contributed by atoms with Gasteiger partial charge in [0.25, 0.3) is 0 Å². The molecule has 4 heteroatoms. The summed E-state index contributed by atoms with van der Waals surface area (Å²) in [5.41, 5.74) is 6.89. The molecule has 0 spiro atoms. The number of aromatic nitrogens is 2. The van der Waals surface area contributed by atoms with Gasteiger partial charge in [0.15, 0.2) is 0 Å². The summed E-state index contributed by atoms with van der Waals surface area (Å²) >= 11 is 0. The van der Waals surface area contributed by atoms with Crippen molar-refractivity contribution in [1.82, 2.24) is 9.97 Å². The molecule has 1 aromatic rings. The van der Waals surface area contributed by atoms with Crippen LogP contribution in [0.3, 0.4) is 0 Å². The molecule has 2 rings (SSSR count). The van der Waals surface area contributed by atoms with Crippen molar-refractivity contribution in [2.45, 2.75) is 59.0 Å². The van der Waals surface area contributed by atoms with Crippen molar-refractivity contribution in [2.75, 3.05) is 5.73 Å². The van der Waals surface area contributed by atoms with Gasteiger partial charge in [0.2, 0.25) is 5.88 Å². The van der Waals surface area contributed by atoms with E-state index in [-0.39, 0.29) is 12.0 Å². The van der Waals surface area contributed by atoms with Crippen molar-refractivity contribution in [3.8, 4) is 5.88 Å². The van der Waals surface area contributed by atoms with Crippen molar-refractivity contribution in [3.63, 3.8) is 0 Å². The first kappa shape index (κ1) is 14.1. The molecule has 0 aliphatic heterocycles. The quantitative estimate of drug-likeness (QED) is 0.908. The first-order valence-electron chi connectivity index (χ1n) is 7.24. The van der Waals surface area contributed by atoms with Crippen molar-refractivity contribution < 1.29 is 4.74 Å². The molecule has 0 aromatic carbocycles. The third kappa shape index (κ3) is 3.37. The Morgan fingerprint density at radius 1 is 1.16 bits per heavy atom. The Balaban J connectivity index is 2.17. The number of nitrogens with two attached hydrogens (primary N) is 1. The number of nitrogen functional groups attached to an aromatic ring is 1. The van der Waals surface area contributed by atoms with E-state index >= 15 is 0 Å². The molecule has 1 fully saturated rings. The van der Waals surface area contributed by atoms with E-state index in [4.69, 9.17) is 10.5 Å². The topological polar surface area (TPSA) is 61.0 Å². The van der Waals surface area contributed by atoms with E-state index < -0.39 is 0 Å². The third-order valence-corrected chi connectivity index (χ3v) is 3.87. The molecule has 1 saturated carbocycles. The molecule has 106 valence electrons. The van der Waals surface area contributed by atoms with Gasteiger partial charge in [-0.3, -0.25) is 0 Å². The average molecular weight is 263 g/mol. The molecule has 4 nitrogen and oxygen atoms in total. The van der Waals surface area contributed by atoms with Crippen molar-refractivity contribution in [3.05, 3.63) is 11.9 Å². The first-order chi connectivity index (χ1) is 8.97. The lowest BCUT2D eigenvalue weighted by atomic mass is 9.82. The zero-order valence-corrected chi connectivity index (χ0v) is 12.4. The van der Waals surface area contributed by atoms with Crippen LogP contribution < -0.4 is 10.5 Å². The smallest absolute Gasteiger partial charge is 0.222 e. The largest absolute Gasteiger partial charge is 0.474 e. The van der Waals surface area contributed by atoms with Gasteiger partial charge in [-0.25, -0.2) is 9.97 Å². The van der Waals surface area contributed by atoms with Crippen LogP contribution in [-0.2, 0) is 0 Å². The SMILES string of the molecule is CC1CC(C)CC(Oc2ncnc(N)c2C(C)C)C1. The second-order valence-electron chi connectivity index (χ2n) is 6.29. The van der Waals surface area contributed by atoms with Crippen LogP contribution in [0.4, 0.5) is 5.82 Å². The Labute approximate surface area is 115 Å². The van der Waals surface area contributed by atoms with Crippen LogP contribution in [0.1, 0.15) is 58.4 Å². The zero-order valence-electron chi connectivity index (χ0n) is 12.4. The summed E-state index contributed by atoms with van der Waals surface area (Å²) in [6.45, 7) is 8.77. The van der Waals surface area contributed by atoms with Crippen LogP contribution in [-0.4, -0.2) is 16.1 Å². The van der Waals surface area contributed by atoms with E-state index in [1.54, 1.807) is 0 Å². The number of rotatable bonds is 3. The minimum Gasteiger partial charge on any atom is -0.474 e. The summed E-state index contributed by atoms with van der Waals surface area (Å²) in [5.74, 6) is 2.92. The number of nitrogens with zero attached hydrogens (tertiary/aromatic N) is 2. The van der Waals surface area contributed by atoms with E-state index in [0.717, 1.165) is 30.2 Å². The molecule has 1 aromatic heterocycles. The molecule has 0 saturated heterocycles. The van der Waals surface area contributed by atoms with Gasteiger partial charge < -0.3 is 10.5 Å². The number of hydrogen-bond acceptors (Lipinski definition) is 4. The third-order valence-electron chi connectivity index (χ3n) is 3.87. The zero-order chi connectivity index (χ0) is 14.0. The van der Waals surface area contributed by atoms with Crippen molar-refractivity contribution in [1.29, 1.82) is 0 Å². The Kier molecular flexibility index (Phi) is 4.27. The van der Waals surface area contributed by atoms with Crippen LogP contribution in [0.15, 0.2) is 6.33 Å². The summed E-state index contributed by atoms with van der Waals surface area (Å²) in [6.07, 6.45) is 5.25. The highest BCUT2D eigenvalue weighted by Gasteiger charge is 2.27. The van der Waals surface area contributed by atoms with E-state index in [0.29, 0.717) is 11.7 Å². The van der Waals surface area contributed by atoms with Crippen LogP contribution >= 0.6 is 0 Å². The van der Waals surface area contributed by atoms with Crippen molar-refractivity contribution in [2.24, 2.45) is 11.8 Å². The number of hydrogen-bond donors (Lipinski definition) is 1. The lowest BCUT2D eigenvalue weighted by Crippen LogP contribution is -2.29. The average Bonchev–Trinajstić information content (AvgIpc) is 2.26. The van der Waals surface area contributed by atoms with Crippen LogP contribution in [0, 0.1) is 11.8 Å². The maximum Gasteiger partial charge on any atom is 0.222 e. The molecule has 0 bridgehead atoms. The predicted octanol–water partition coefficient (Wildman–Crippen LogP) is 3.39. The van der Waals surface area contributed by atoms with Gasteiger partial charge in [0.1, 0.15) is 18.2 Å². The van der Waals surface area contributed by atoms with Gasteiger partial charge in [-0.1, -0.05) is 27.7 Å². The van der Waals surface area contributed by atoms with Gasteiger partial charge in [-0.15, -0.1) is 0 Å². The van der Waals surface area contributed by atoms with E-state index in [9.17, 15) is 0 Å². The Morgan fingerprint density at radius 2 is 1.79 bits per heavy atom. The first-order valence-corrected chi connectivity index (χ1v) is 7.24. The molecular weight excluding hydrogens is 238 g/mol. The van der Waals surface area contributed by atoms with E-state index in [2.05, 4.69) is 37.7 Å². The fourth-order valence-corrected chi connectivity index (χ4v) is 3.16. The summed E-state index contributed by atoms with van der Waals surface area (Å²) in [4.78, 5) is 8.36. The van der Waals surface area contributed by atoms with Gasteiger partial charge >= 0.3 is 0 Å². The molecule has 19 heavy (non-hydrogen) atoms. The molecule has 1 aliphatic rings. The maximum absolute atomic E-state index is 6.14. The standard InChI is InChI=1S/C15H25N3O/c1-9(2)13-14(16)17-8-18-15(13)19-12-6-10(3)5-11(4)7-12/h8-12H,5-7H2,1-4H3,(H2,16,17,18). The lowest BCUT2D eigenvalue weighted by Gasteiger charge is -2.32. The van der Waals surface area contributed by atoms with Crippen LogP contribution in [0.2, 0.25) is 0 Å². The highest BCUT2D eigenvalue weighted by atomic mass is 16.5. The van der Waals surface area contributed by atoms with Gasteiger partial charge in [0, 0.05) is 0 Å². The number of anilines is 1. The fraction of sp³-hybridized carbons (Fsp3) is 0.733. The normalized spacial score (nSPS) is 27.5. The molecule has 2 unspecified atom stereocenters. The minimum atomic E-state index is 0.255. The van der Waals surface area contributed by atoms with Gasteiger partial charge in [-0.2, -0.15) is 0 Å². The summed E-state index contributed by atoms with van der Waals surface area (Å²) in [7, 11) is 0. The second-order valence-corrected chi connectivity index (χ2v) is 6.29. The van der Waals surface area contributed by atoms with Crippen LogP contribution in [0.25, 0.3) is 0 Å². The van der Waals surface area contributed by atoms with E-state index in [1.807, 2.05) is 0 Å². The minimum absolute atomic E-state index is 0.255. The monoisotopic (exact) mass is 263 g/mol. The van der Waals surface area contributed by atoms with Gasteiger partial charge in [-0.05, 0) is 37.0 Å². The van der Waals surface area contributed by atoms with Crippen LogP contribution in [0.5, 0.6) is 5.88 Å². The summed E-state index contributed by atoms with van der Waals surface area (Å²) < 4.78 is 6.14. The van der Waals surface area contributed by atoms with Crippen molar-refractivity contribution >= 4 is 5.82 Å².